The SMILES string of the molecule is CN(C)CC1(c2ccco2)CCCCN1. The Hall–Kier alpha value is -0.800. The maximum atomic E-state index is 5.59. The van der Waals surface area contributed by atoms with Crippen molar-refractivity contribution in [3.63, 3.8) is 0 Å². The summed E-state index contributed by atoms with van der Waals surface area (Å²) in [6.07, 6.45) is 5.49. The van der Waals surface area contributed by atoms with Gasteiger partial charge in [-0.3, -0.25) is 0 Å². The summed E-state index contributed by atoms with van der Waals surface area (Å²) in [5.41, 5.74) is 0.0330. The average Bonchev–Trinajstić information content (AvgIpc) is 2.71. The fourth-order valence-corrected chi connectivity index (χ4v) is 2.48. The van der Waals surface area contributed by atoms with E-state index in [2.05, 4.69) is 30.4 Å². The van der Waals surface area contributed by atoms with Gasteiger partial charge >= 0.3 is 0 Å². The highest BCUT2D eigenvalue weighted by molar-refractivity contribution is 5.14. The summed E-state index contributed by atoms with van der Waals surface area (Å²) in [5.74, 6) is 1.08. The summed E-state index contributed by atoms with van der Waals surface area (Å²) >= 11 is 0. The molecule has 15 heavy (non-hydrogen) atoms. The van der Waals surface area contributed by atoms with Gasteiger partial charge in [0.05, 0.1) is 11.8 Å². The number of rotatable bonds is 3. The van der Waals surface area contributed by atoms with Crippen molar-refractivity contribution in [3.8, 4) is 0 Å². The Morgan fingerprint density at radius 2 is 2.33 bits per heavy atom. The predicted molar refractivity (Wildman–Crippen MR) is 60.8 cm³/mol. The van der Waals surface area contributed by atoms with Gasteiger partial charge in [-0.1, -0.05) is 0 Å². The number of hydrogen-bond donors (Lipinski definition) is 1. The van der Waals surface area contributed by atoms with Crippen LogP contribution < -0.4 is 5.32 Å². The van der Waals surface area contributed by atoms with Crippen molar-refractivity contribution in [3.05, 3.63) is 24.2 Å². The topological polar surface area (TPSA) is 28.4 Å². The molecule has 2 rings (SSSR count). The molecule has 1 saturated heterocycles. The van der Waals surface area contributed by atoms with Gasteiger partial charge in [-0.05, 0) is 52.0 Å². The molecule has 3 nitrogen and oxygen atoms in total. The van der Waals surface area contributed by atoms with Crippen LogP contribution in [0.3, 0.4) is 0 Å². The third kappa shape index (κ3) is 2.24. The molecule has 0 bridgehead atoms. The predicted octanol–water partition coefficient (Wildman–Crippen LogP) is 1.81. The largest absolute Gasteiger partial charge is 0.467 e. The number of piperidine rings is 1. The Morgan fingerprint density at radius 1 is 1.47 bits per heavy atom. The van der Waals surface area contributed by atoms with Crippen LogP contribution >= 0.6 is 0 Å². The van der Waals surface area contributed by atoms with Gasteiger partial charge in [0.15, 0.2) is 0 Å². The van der Waals surface area contributed by atoms with E-state index in [0.717, 1.165) is 18.8 Å². The lowest BCUT2D eigenvalue weighted by molar-refractivity contribution is 0.161. The van der Waals surface area contributed by atoms with Crippen LogP contribution in [0.15, 0.2) is 22.8 Å². The highest BCUT2D eigenvalue weighted by Crippen LogP contribution is 2.31. The van der Waals surface area contributed by atoms with Crippen LogP contribution in [0.4, 0.5) is 0 Å². The van der Waals surface area contributed by atoms with Crippen LogP contribution in [0.5, 0.6) is 0 Å². The van der Waals surface area contributed by atoms with E-state index in [1.54, 1.807) is 6.26 Å². The number of furan rings is 1. The number of nitrogens with one attached hydrogen (secondary N) is 1. The highest BCUT2D eigenvalue weighted by Gasteiger charge is 2.36. The van der Waals surface area contributed by atoms with E-state index >= 15 is 0 Å². The molecule has 1 aliphatic rings. The summed E-state index contributed by atoms with van der Waals surface area (Å²) < 4.78 is 5.59. The van der Waals surface area contributed by atoms with Crippen molar-refractivity contribution in [2.45, 2.75) is 24.8 Å². The Balaban J connectivity index is 2.21. The molecule has 1 N–H and O–H groups in total. The average molecular weight is 208 g/mol. The molecule has 1 aliphatic heterocycles. The molecule has 0 amide bonds. The third-order valence-electron chi connectivity index (χ3n) is 3.07. The zero-order valence-corrected chi connectivity index (χ0v) is 9.62. The van der Waals surface area contributed by atoms with E-state index in [4.69, 9.17) is 4.42 Å². The lowest BCUT2D eigenvalue weighted by atomic mass is 9.86. The minimum Gasteiger partial charge on any atom is -0.467 e. The maximum absolute atomic E-state index is 5.59. The molecule has 3 heteroatoms. The van der Waals surface area contributed by atoms with Gasteiger partial charge in [-0.25, -0.2) is 0 Å². The van der Waals surface area contributed by atoms with Crippen LogP contribution in [-0.2, 0) is 5.54 Å². The van der Waals surface area contributed by atoms with Crippen molar-refractivity contribution < 1.29 is 4.42 Å². The molecule has 1 unspecified atom stereocenters. The molecule has 1 atom stereocenters. The summed E-state index contributed by atoms with van der Waals surface area (Å²) in [6.45, 7) is 2.09. The van der Waals surface area contributed by atoms with Gasteiger partial charge in [-0.2, -0.15) is 0 Å². The second-order valence-corrected chi connectivity index (χ2v) is 4.68. The van der Waals surface area contributed by atoms with Crippen molar-refractivity contribution >= 4 is 0 Å². The lowest BCUT2D eigenvalue weighted by Crippen LogP contribution is -2.51. The number of nitrogens with zero attached hydrogens (tertiary/aromatic N) is 1. The van der Waals surface area contributed by atoms with E-state index in [-0.39, 0.29) is 5.54 Å². The molecule has 84 valence electrons. The molecule has 2 heterocycles. The van der Waals surface area contributed by atoms with Gasteiger partial charge in [0.2, 0.25) is 0 Å². The van der Waals surface area contributed by atoms with Crippen LogP contribution in [0.1, 0.15) is 25.0 Å². The van der Waals surface area contributed by atoms with E-state index in [1.807, 2.05) is 6.07 Å². The summed E-state index contributed by atoms with van der Waals surface area (Å²) in [7, 11) is 4.22. The molecular weight excluding hydrogens is 188 g/mol. The molecule has 1 aromatic heterocycles. The van der Waals surface area contributed by atoms with Crippen LogP contribution in [0.25, 0.3) is 0 Å². The minimum atomic E-state index is 0.0330. The van der Waals surface area contributed by atoms with Crippen molar-refractivity contribution in [2.24, 2.45) is 0 Å². The van der Waals surface area contributed by atoms with Gasteiger partial charge in [0.1, 0.15) is 5.76 Å². The first-order valence-corrected chi connectivity index (χ1v) is 5.67. The molecule has 0 radical (unpaired) electrons. The standard InChI is InChI=1S/C12H20N2O/c1-14(2)10-12(7-3-4-8-13-12)11-6-5-9-15-11/h5-6,9,13H,3-4,7-8,10H2,1-2H3. The third-order valence-corrected chi connectivity index (χ3v) is 3.07. The van der Waals surface area contributed by atoms with Gasteiger partial charge in [-0.15, -0.1) is 0 Å². The monoisotopic (exact) mass is 208 g/mol. The Morgan fingerprint density at radius 3 is 2.87 bits per heavy atom. The smallest absolute Gasteiger partial charge is 0.125 e. The van der Waals surface area contributed by atoms with Gasteiger partial charge in [0, 0.05) is 6.54 Å². The maximum Gasteiger partial charge on any atom is 0.125 e. The van der Waals surface area contributed by atoms with Gasteiger partial charge in [0.25, 0.3) is 0 Å². The molecule has 0 spiro atoms. The molecule has 1 aromatic rings. The fraction of sp³-hybridized carbons (Fsp3) is 0.667. The molecule has 1 fully saturated rings. The van der Waals surface area contributed by atoms with Crippen molar-refractivity contribution in [2.75, 3.05) is 27.2 Å². The second-order valence-electron chi connectivity index (χ2n) is 4.68. The van der Waals surface area contributed by atoms with E-state index in [0.29, 0.717) is 0 Å². The van der Waals surface area contributed by atoms with Crippen LogP contribution in [0, 0.1) is 0 Å². The Labute approximate surface area is 91.4 Å². The molecule has 0 aromatic carbocycles. The van der Waals surface area contributed by atoms with E-state index < -0.39 is 0 Å². The van der Waals surface area contributed by atoms with E-state index in [9.17, 15) is 0 Å². The van der Waals surface area contributed by atoms with Crippen LogP contribution in [-0.4, -0.2) is 32.1 Å². The van der Waals surface area contributed by atoms with Crippen molar-refractivity contribution in [1.82, 2.24) is 10.2 Å². The molecule has 0 aliphatic carbocycles. The minimum absolute atomic E-state index is 0.0330. The normalized spacial score (nSPS) is 27.1. The Bertz CT molecular complexity index is 287. The number of hydrogen-bond acceptors (Lipinski definition) is 3. The first-order valence-electron chi connectivity index (χ1n) is 5.67. The quantitative estimate of drug-likeness (QED) is 0.821. The van der Waals surface area contributed by atoms with Crippen molar-refractivity contribution in [1.29, 1.82) is 0 Å². The molecule has 0 saturated carbocycles. The second kappa shape index (κ2) is 4.37. The first kappa shape index (κ1) is 10.7. The Kier molecular flexibility index (Phi) is 3.12. The highest BCUT2D eigenvalue weighted by atomic mass is 16.3. The van der Waals surface area contributed by atoms with Crippen LogP contribution in [0.2, 0.25) is 0 Å². The summed E-state index contributed by atoms with van der Waals surface area (Å²) in [4.78, 5) is 2.22. The zero-order valence-electron chi connectivity index (χ0n) is 9.62. The van der Waals surface area contributed by atoms with Gasteiger partial charge < -0.3 is 14.6 Å². The van der Waals surface area contributed by atoms with E-state index in [1.165, 1.54) is 19.3 Å². The summed E-state index contributed by atoms with van der Waals surface area (Å²) in [5, 5.41) is 3.63. The lowest BCUT2D eigenvalue weighted by Gasteiger charge is -2.38. The fourth-order valence-electron chi connectivity index (χ4n) is 2.48. The molecular formula is C12H20N2O. The summed E-state index contributed by atoms with van der Waals surface area (Å²) in [6, 6.07) is 4.06. The first-order chi connectivity index (χ1) is 7.23. The number of likely N-dealkylation sites (N-methyl/N-ethyl adjacent to an activating group) is 1. The zero-order chi connectivity index (χ0) is 10.7.